The summed E-state index contributed by atoms with van der Waals surface area (Å²) in [5.41, 5.74) is 0.00791. The molecule has 0 spiro atoms. The summed E-state index contributed by atoms with van der Waals surface area (Å²) < 4.78 is 50.1. The van der Waals surface area contributed by atoms with Gasteiger partial charge >= 0.3 is 6.18 Å². The summed E-state index contributed by atoms with van der Waals surface area (Å²) in [6, 6.07) is 3.45. The van der Waals surface area contributed by atoms with Crippen molar-refractivity contribution in [2.45, 2.75) is 44.7 Å². The monoisotopic (exact) mass is 436 g/mol. The summed E-state index contributed by atoms with van der Waals surface area (Å²) >= 11 is 0. The van der Waals surface area contributed by atoms with Crippen molar-refractivity contribution in [2.24, 2.45) is 7.05 Å². The second-order valence-electron chi connectivity index (χ2n) is 7.23. The van der Waals surface area contributed by atoms with Crippen LogP contribution in [0.3, 0.4) is 0 Å². The maximum atomic E-state index is 12.8. The molecule has 1 aliphatic rings. The molecule has 1 aliphatic carbocycles. The predicted octanol–water partition coefficient (Wildman–Crippen LogP) is 3.05. The number of ether oxygens (including phenoxy) is 1. The van der Waals surface area contributed by atoms with Gasteiger partial charge in [-0.15, -0.1) is 0 Å². The van der Waals surface area contributed by atoms with Gasteiger partial charge in [-0.3, -0.25) is 14.5 Å². The molecule has 31 heavy (non-hydrogen) atoms. The van der Waals surface area contributed by atoms with Gasteiger partial charge in [0.15, 0.2) is 5.69 Å². The summed E-state index contributed by atoms with van der Waals surface area (Å²) in [4.78, 5) is 20.9. The minimum absolute atomic E-state index is 0.106. The minimum atomic E-state index is -4.64. The van der Waals surface area contributed by atoms with Gasteiger partial charge in [0, 0.05) is 24.9 Å². The first kappa shape index (κ1) is 21.0. The highest BCUT2D eigenvalue weighted by Gasteiger charge is 2.35. The van der Waals surface area contributed by atoms with Crippen LogP contribution in [0.1, 0.15) is 53.6 Å². The highest BCUT2D eigenvalue weighted by molar-refractivity contribution is 5.92. The van der Waals surface area contributed by atoms with Crippen LogP contribution >= 0.6 is 0 Å². The van der Waals surface area contributed by atoms with Crippen molar-refractivity contribution in [3.05, 3.63) is 47.4 Å². The molecule has 0 radical (unpaired) electrons. The molecule has 3 heterocycles. The summed E-state index contributed by atoms with van der Waals surface area (Å²) in [5, 5.41) is 9.78. The van der Waals surface area contributed by atoms with Crippen LogP contribution in [0.2, 0.25) is 0 Å². The number of halogens is 3. The van der Waals surface area contributed by atoms with Crippen LogP contribution < -0.4 is 5.32 Å². The molecule has 164 valence electrons. The zero-order valence-corrected chi connectivity index (χ0v) is 16.7. The van der Waals surface area contributed by atoms with Crippen LogP contribution in [0.5, 0.6) is 0 Å². The average molecular weight is 436 g/mol. The van der Waals surface area contributed by atoms with E-state index in [0.717, 1.165) is 23.2 Å². The Morgan fingerprint density at radius 3 is 2.84 bits per heavy atom. The van der Waals surface area contributed by atoms with E-state index < -0.39 is 23.8 Å². The highest BCUT2D eigenvalue weighted by atomic mass is 19.4. The standard InChI is InChI=1S/C19H19F3N6O3/c1-10(24-17(29)14-8-15(19(20,21)22)26-28(14)2)18-25-16(27-31-18)11-5-6-23-12(7-11)9-30-13-3-4-13/h5-8,10,13H,3-4,9H2,1-2H3,(H,24,29)/t10-/m0/s1. The SMILES string of the molecule is C[C@H](NC(=O)c1cc(C(F)(F)F)nn1C)c1nc(-c2ccnc(COC3CC3)c2)no1. The fourth-order valence-corrected chi connectivity index (χ4v) is 2.81. The molecule has 1 N–H and O–H groups in total. The van der Waals surface area contributed by atoms with E-state index in [1.165, 1.54) is 7.05 Å². The predicted molar refractivity (Wildman–Crippen MR) is 99.4 cm³/mol. The number of hydrogen-bond donors (Lipinski definition) is 1. The molecule has 1 amide bonds. The number of aryl methyl sites for hydroxylation is 1. The fraction of sp³-hybridized carbons (Fsp3) is 0.421. The van der Waals surface area contributed by atoms with Crippen LogP contribution in [0, 0.1) is 0 Å². The van der Waals surface area contributed by atoms with E-state index in [4.69, 9.17) is 9.26 Å². The number of nitrogens with one attached hydrogen (secondary N) is 1. The molecule has 0 aromatic carbocycles. The largest absolute Gasteiger partial charge is 0.435 e. The van der Waals surface area contributed by atoms with E-state index in [0.29, 0.717) is 30.2 Å². The van der Waals surface area contributed by atoms with Gasteiger partial charge in [-0.25, -0.2) is 0 Å². The Kier molecular flexibility index (Phi) is 5.48. The molecule has 3 aromatic heterocycles. The molecule has 4 rings (SSSR count). The number of rotatable bonds is 7. The topological polar surface area (TPSA) is 108 Å². The number of carbonyl (C=O) groups is 1. The Balaban J connectivity index is 1.43. The lowest BCUT2D eigenvalue weighted by Crippen LogP contribution is -2.28. The summed E-state index contributed by atoms with van der Waals surface area (Å²) in [6.45, 7) is 1.97. The van der Waals surface area contributed by atoms with E-state index in [2.05, 4.69) is 25.5 Å². The van der Waals surface area contributed by atoms with Crippen molar-refractivity contribution >= 4 is 5.91 Å². The maximum Gasteiger partial charge on any atom is 0.435 e. The Bertz CT molecular complexity index is 1090. The first-order valence-electron chi connectivity index (χ1n) is 9.53. The van der Waals surface area contributed by atoms with E-state index in [-0.39, 0.29) is 11.6 Å². The minimum Gasteiger partial charge on any atom is -0.372 e. The zero-order chi connectivity index (χ0) is 22.2. The van der Waals surface area contributed by atoms with Gasteiger partial charge in [0.1, 0.15) is 11.7 Å². The number of carbonyl (C=O) groups excluding carboxylic acids is 1. The lowest BCUT2D eigenvalue weighted by molar-refractivity contribution is -0.141. The van der Waals surface area contributed by atoms with Gasteiger partial charge in [-0.05, 0) is 31.9 Å². The number of pyridine rings is 1. The Labute approximate surface area is 174 Å². The van der Waals surface area contributed by atoms with Gasteiger partial charge in [-0.1, -0.05) is 5.16 Å². The summed E-state index contributed by atoms with van der Waals surface area (Å²) in [5.74, 6) is -0.346. The molecule has 3 aromatic rings. The smallest absolute Gasteiger partial charge is 0.372 e. The molecule has 0 unspecified atom stereocenters. The molecular formula is C19H19F3N6O3. The van der Waals surface area contributed by atoms with Crippen molar-refractivity contribution < 1.29 is 27.2 Å². The third-order valence-corrected chi connectivity index (χ3v) is 4.63. The Hall–Kier alpha value is -3.28. The molecule has 0 saturated heterocycles. The van der Waals surface area contributed by atoms with Crippen molar-refractivity contribution in [2.75, 3.05) is 0 Å². The Morgan fingerprint density at radius 1 is 1.39 bits per heavy atom. The van der Waals surface area contributed by atoms with Gasteiger partial charge in [0.2, 0.25) is 11.7 Å². The lowest BCUT2D eigenvalue weighted by atomic mass is 10.2. The summed E-state index contributed by atoms with van der Waals surface area (Å²) in [6.07, 6.45) is -0.598. The second kappa shape index (κ2) is 8.10. The normalized spacial score (nSPS) is 15.1. The highest BCUT2D eigenvalue weighted by Crippen LogP contribution is 2.28. The fourth-order valence-electron chi connectivity index (χ4n) is 2.81. The van der Waals surface area contributed by atoms with Gasteiger partial charge < -0.3 is 14.6 Å². The van der Waals surface area contributed by atoms with Crippen molar-refractivity contribution in [3.8, 4) is 11.4 Å². The quantitative estimate of drug-likeness (QED) is 0.606. The Morgan fingerprint density at radius 2 is 2.16 bits per heavy atom. The molecule has 1 saturated carbocycles. The van der Waals surface area contributed by atoms with Crippen LogP contribution in [-0.4, -0.2) is 36.9 Å². The lowest BCUT2D eigenvalue weighted by Gasteiger charge is -2.09. The first-order valence-corrected chi connectivity index (χ1v) is 9.53. The third-order valence-electron chi connectivity index (χ3n) is 4.63. The molecule has 1 atom stereocenters. The molecular weight excluding hydrogens is 417 g/mol. The molecule has 9 nitrogen and oxygen atoms in total. The number of hydrogen-bond acceptors (Lipinski definition) is 7. The first-order chi connectivity index (χ1) is 14.7. The van der Waals surface area contributed by atoms with Crippen LogP contribution in [0.15, 0.2) is 28.9 Å². The van der Waals surface area contributed by atoms with E-state index in [9.17, 15) is 18.0 Å². The molecule has 12 heteroatoms. The van der Waals surface area contributed by atoms with Crippen LogP contribution in [-0.2, 0) is 24.6 Å². The number of amides is 1. The van der Waals surface area contributed by atoms with Crippen molar-refractivity contribution in [3.63, 3.8) is 0 Å². The average Bonchev–Trinajstić information content (AvgIpc) is 3.24. The van der Waals surface area contributed by atoms with E-state index >= 15 is 0 Å². The van der Waals surface area contributed by atoms with Gasteiger partial charge in [0.05, 0.1) is 18.4 Å². The molecule has 0 aliphatic heterocycles. The zero-order valence-electron chi connectivity index (χ0n) is 16.7. The van der Waals surface area contributed by atoms with Crippen LogP contribution in [0.25, 0.3) is 11.4 Å². The number of nitrogens with zero attached hydrogens (tertiary/aromatic N) is 5. The second-order valence-corrected chi connectivity index (χ2v) is 7.23. The van der Waals surface area contributed by atoms with Crippen molar-refractivity contribution in [1.29, 1.82) is 0 Å². The van der Waals surface area contributed by atoms with Gasteiger partial charge in [-0.2, -0.15) is 23.3 Å². The van der Waals surface area contributed by atoms with Crippen LogP contribution in [0.4, 0.5) is 13.2 Å². The molecule has 1 fully saturated rings. The van der Waals surface area contributed by atoms with E-state index in [1.54, 1.807) is 25.3 Å². The number of alkyl halides is 3. The molecule has 0 bridgehead atoms. The van der Waals surface area contributed by atoms with Crippen molar-refractivity contribution in [1.82, 2.24) is 30.2 Å². The number of aromatic nitrogens is 5. The maximum absolute atomic E-state index is 12.8. The van der Waals surface area contributed by atoms with Gasteiger partial charge in [0.25, 0.3) is 5.91 Å². The van der Waals surface area contributed by atoms with E-state index in [1.807, 2.05) is 0 Å². The summed E-state index contributed by atoms with van der Waals surface area (Å²) in [7, 11) is 1.26. The third kappa shape index (κ3) is 4.90.